The van der Waals surface area contributed by atoms with Crippen molar-refractivity contribution in [2.24, 2.45) is 0 Å². The van der Waals surface area contributed by atoms with Crippen molar-refractivity contribution in [2.45, 2.75) is 20.0 Å². The number of imidazole rings is 1. The van der Waals surface area contributed by atoms with Gasteiger partial charge in [0.1, 0.15) is 28.9 Å². The summed E-state index contributed by atoms with van der Waals surface area (Å²) >= 11 is 3.19. The summed E-state index contributed by atoms with van der Waals surface area (Å²) in [6, 6.07) is 10.1. The third-order valence-electron chi connectivity index (χ3n) is 4.19. The summed E-state index contributed by atoms with van der Waals surface area (Å²) in [7, 11) is 0. The Morgan fingerprint density at radius 3 is 2.71 bits per heavy atom. The van der Waals surface area contributed by atoms with Gasteiger partial charge in [-0.15, -0.1) is 22.7 Å². The lowest BCUT2D eigenvalue weighted by Crippen LogP contribution is -2.27. The molecule has 0 aliphatic heterocycles. The number of carbonyl (C=O) groups is 1. The van der Waals surface area contributed by atoms with Gasteiger partial charge in [-0.3, -0.25) is 4.79 Å². The van der Waals surface area contributed by atoms with Crippen molar-refractivity contribution in [1.29, 1.82) is 0 Å². The summed E-state index contributed by atoms with van der Waals surface area (Å²) in [4.78, 5) is 22.6. The first-order valence-electron chi connectivity index (χ1n) is 8.63. The zero-order chi connectivity index (χ0) is 19.5. The second-order valence-electron chi connectivity index (χ2n) is 6.22. The van der Waals surface area contributed by atoms with Crippen LogP contribution in [0.3, 0.4) is 0 Å². The normalized spacial score (nSPS) is 10.9. The molecule has 4 aromatic rings. The zero-order valence-corrected chi connectivity index (χ0v) is 16.7. The van der Waals surface area contributed by atoms with Crippen molar-refractivity contribution in [1.82, 2.24) is 19.9 Å². The van der Waals surface area contributed by atoms with E-state index in [0.717, 1.165) is 32.7 Å². The third kappa shape index (κ3) is 4.18. The number of amides is 1. The molecule has 0 saturated heterocycles. The fourth-order valence-electron chi connectivity index (χ4n) is 2.71. The van der Waals surface area contributed by atoms with Crippen LogP contribution in [-0.2, 0) is 17.9 Å². The summed E-state index contributed by atoms with van der Waals surface area (Å²) in [5, 5.41) is 7.72. The Kier molecular flexibility index (Phi) is 5.31. The number of halogens is 1. The maximum atomic E-state index is 12.9. The lowest BCUT2D eigenvalue weighted by molar-refractivity contribution is -0.121. The average molecular weight is 413 g/mol. The van der Waals surface area contributed by atoms with Crippen molar-refractivity contribution in [3.8, 4) is 21.3 Å². The number of rotatable bonds is 6. The molecule has 1 N–H and O–H groups in total. The molecule has 28 heavy (non-hydrogen) atoms. The van der Waals surface area contributed by atoms with Crippen LogP contribution in [0.2, 0.25) is 0 Å². The van der Waals surface area contributed by atoms with Gasteiger partial charge in [0.05, 0.1) is 10.6 Å². The van der Waals surface area contributed by atoms with Gasteiger partial charge in [-0.05, 0) is 36.1 Å². The molecule has 0 aliphatic rings. The van der Waals surface area contributed by atoms with E-state index >= 15 is 0 Å². The SMILES string of the molecule is Cc1nc(-c2nc(-c3cccs3)cs2)cn1CC(=O)NCc1ccc(F)cc1. The number of thiazole rings is 1. The molecule has 5 nitrogen and oxygen atoms in total. The second-order valence-corrected chi connectivity index (χ2v) is 8.03. The summed E-state index contributed by atoms with van der Waals surface area (Å²) in [6.45, 7) is 2.39. The van der Waals surface area contributed by atoms with E-state index in [4.69, 9.17) is 0 Å². The predicted octanol–water partition coefficient (Wildman–Crippen LogP) is 4.50. The molecule has 3 aromatic heterocycles. The Balaban J connectivity index is 1.41. The molecule has 0 spiro atoms. The van der Waals surface area contributed by atoms with Gasteiger partial charge in [0.15, 0.2) is 0 Å². The molecule has 0 saturated carbocycles. The quantitative estimate of drug-likeness (QED) is 0.507. The Morgan fingerprint density at radius 1 is 1.14 bits per heavy atom. The number of aromatic nitrogens is 3. The molecule has 0 fully saturated rings. The molecule has 0 bridgehead atoms. The third-order valence-corrected chi connectivity index (χ3v) is 5.95. The first kappa shape index (κ1) is 18.5. The minimum atomic E-state index is -0.291. The van der Waals surface area contributed by atoms with Gasteiger partial charge in [0, 0.05) is 18.1 Å². The first-order valence-corrected chi connectivity index (χ1v) is 10.4. The number of aryl methyl sites for hydroxylation is 1. The van der Waals surface area contributed by atoms with Gasteiger partial charge < -0.3 is 9.88 Å². The lowest BCUT2D eigenvalue weighted by atomic mass is 10.2. The first-order chi connectivity index (χ1) is 13.6. The highest BCUT2D eigenvalue weighted by Gasteiger charge is 2.13. The number of hydrogen-bond acceptors (Lipinski definition) is 5. The van der Waals surface area contributed by atoms with E-state index in [2.05, 4.69) is 15.3 Å². The maximum absolute atomic E-state index is 12.9. The highest BCUT2D eigenvalue weighted by atomic mass is 32.1. The molecule has 8 heteroatoms. The molecule has 1 aromatic carbocycles. The van der Waals surface area contributed by atoms with Crippen LogP contribution in [0.1, 0.15) is 11.4 Å². The molecule has 3 heterocycles. The molecule has 4 rings (SSSR count). The van der Waals surface area contributed by atoms with Crippen LogP contribution in [0.25, 0.3) is 21.3 Å². The van der Waals surface area contributed by atoms with E-state index in [1.165, 1.54) is 23.5 Å². The minimum Gasteiger partial charge on any atom is -0.350 e. The van der Waals surface area contributed by atoms with Crippen LogP contribution in [0.15, 0.2) is 53.4 Å². The van der Waals surface area contributed by atoms with Crippen molar-refractivity contribution in [3.63, 3.8) is 0 Å². The smallest absolute Gasteiger partial charge is 0.240 e. The monoisotopic (exact) mass is 412 g/mol. The summed E-state index contributed by atoms with van der Waals surface area (Å²) in [6.07, 6.45) is 1.85. The highest BCUT2D eigenvalue weighted by molar-refractivity contribution is 7.15. The maximum Gasteiger partial charge on any atom is 0.240 e. The Bertz CT molecular complexity index is 1080. The van der Waals surface area contributed by atoms with Crippen molar-refractivity contribution in [2.75, 3.05) is 0 Å². The van der Waals surface area contributed by atoms with Crippen LogP contribution in [0.5, 0.6) is 0 Å². The summed E-state index contributed by atoms with van der Waals surface area (Å²) in [5.41, 5.74) is 2.55. The van der Waals surface area contributed by atoms with Crippen molar-refractivity contribution < 1.29 is 9.18 Å². The molecule has 0 atom stereocenters. The van der Waals surface area contributed by atoms with E-state index in [0.29, 0.717) is 6.54 Å². The van der Waals surface area contributed by atoms with Crippen molar-refractivity contribution in [3.05, 3.63) is 70.6 Å². The topological polar surface area (TPSA) is 59.8 Å². The largest absolute Gasteiger partial charge is 0.350 e. The lowest BCUT2D eigenvalue weighted by Gasteiger charge is -2.07. The standard InChI is InChI=1S/C20H17FN4OS2/c1-13-23-16(20-24-17(12-28-20)18-3-2-8-27-18)10-25(13)11-19(26)22-9-14-4-6-15(21)7-5-14/h2-8,10,12H,9,11H2,1H3,(H,22,26). The van der Waals surface area contributed by atoms with Crippen LogP contribution in [0.4, 0.5) is 4.39 Å². The van der Waals surface area contributed by atoms with Crippen LogP contribution in [0, 0.1) is 12.7 Å². The van der Waals surface area contributed by atoms with Crippen molar-refractivity contribution >= 4 is 28.6 Å². The van der Waals surface area contributed by atoms with Crippen LogP contribution < -0.4 is 5.32 Å². The Hall–Kier alpha value is -2.84. The van der Waals surface area contributed by atoms with Gasteiger partial charge in [0.25, 0.3) is 0 Å². The van der Waals surface area contributed by atoms with Gasteiger partial charge in [0.2, 0.25) is 5.91 Å². The molecular formula is C20H17FN4OS2. The number of nitrogens with one attached hydrogen (secondary N) is 1. The van der Waals surface area contributed by atoms with Gasteiger partial charge >= 0.3 is 0 Å². The van der Waals surface area contributed by atoms with E-state index < -0.39 is 0 Å². The Morgan fingerprint density at radius 2 is 1.96 bits per heavy atom. The fourth-order valence-corrected chi connectivity index (χ4v) is 4.25. The van der Waals surface area contributed by atoms with E-state index in [-0.39, 0.29) is 18.3 Å². The number of nitrogens with zero attached hydrogens (tertiary/aromatic N) is 3. The summed E-state index contributed by atoms with van der Waals surface area (Å²) in [5.74, 6) is 0.329. The Labute approximate surface area is 169 Å². The summed E-state index contributed by atoms with van der Waals surface area (Å²) < 4.78 is 14.7. The minimum absolute atomic E-state index is 0.130. The van der Waals surface area contributed by atoms with Gasteiger partial charge in [-0.1, -0.05) is 18.2 Å². The molecular weight excluding hydrogens is 395 g/mol. The van der Waals surface area contributed by atoms with Gasteiger partial charge in [-0.2, -0.15) is 0 Å². The number of hydrogen-bond donors (Lipinski definition) is 1. The fraction of sp³-hybridized carbons (Fsp3) is 0.150. The number of thiophene rings is 1. The second kappa shape index (κ2) is 8.04. The van der Waals surface area contributed by atoms with Crippen LogP contribution >= 0.6 is 22.7 Å². The van der Waals surface area contributed by atoms with Gasteiger partial charge in [-0.25, -0.2) is 14.4 Å². The number of carbonyl (C=O) groups excluding carboxylic acids is 1. The number of benzene rings is 1. The molecule has 0 radical (unpaired) electrons. The average Bonchev–Trinajstić information content (AvgIpc) is 3.42. The molecule has 142 valence electrons. The van der Waals surface area contributed by atoms with E-state index in [1.54, 1.807) is 23.5 Å². The van der Waals surface area contributed by atoms with Crippen LogP contribution in [-0.4, -0.2) is 20.4 Å². The highest BCUT2D eigenvalue weighted by Crippen LogP contribution is 2.30. The molecule has 0 unspecified atom stereocenters. The predicted molar refractivity (Wildman–Crippen MR) is 110 cm³/mol. The van der Waals surface area contributed by atoms with E-state index in [1.807, 2.05) is 40.6 Å². The molecule has 1 amide bonds. The van der Waals surface area contributed by atoms with E-state index in [9.17, 15) is 9.18 Å². The molecule has 0 aliphatic carbocycles. The zero-order valence-electron chi connectivity index (χ0n) is 15.1.